The summed E-state index contributed by atoms with van der Waals surface area (Å²) in [6.45, 7) is 9.83. The number of aliphatic imine (C=N–C) groups is 1. The predicted molar refractivity (Wildman–Crippen MR) is 90.2 cm³/mol. The first-order valence-electron chi connectivity index (χ1n) is 7.52. The average molecular weight is 322 g/mol. The fourth-order valence-corrected chi connectivity index (χ4v) is 3.76. The maximum atomic E-state index is 7.73. The third-order valence-corrected chi connectivity index (χ3v) is 4.74. The number of rotatable bonds is 3. The zero-order valence-electron chi connectivity index (χ0n) is 12.5. The van der Waals surface area contributed by atoms with E-state index in [1.807, 2.05) is 18.2 Å². The number of fused-ring (bicyclic) bond motifs is 2. The summed E-state index contributed by atoms with van der Waals surface area (Å²) >= 11 is 1.20. The highest BCUT2D eigenvalue weighted by Gasteiger charge is 2.40. The van der Waals surface area contributed by atoms with Crippen LogP contribution in [0.4, 0.5) is 5.82 Å². The molecule has 4 rings (SSSR count). The van der Waals surface area contributed by atoms with E-state index >= 15 is 0 Å². The molecule has 114 valence electrons. The van der Waals surface area contributed by atoms with Crippen LogP contribution in [0.3, 0.4) is 0 Å². The van der Waals surface area contributed by atoms with E-state index in [2.05, 4.69) is 35.7 Å². The molecule has 0 saturated carbocycles. The molecule has 0 radical (unpaired) electrons. The van der Waals surface area contributed by atoms with Gasteiger partial charge in [-0.2, -0.15) is 13.8 Å². The Labute approximate surface area is 137 Å². The summed E-state index contributed by atoms with van der Waals surface area (Å²) in [6, 6.07) is 5.66. The fraction of sp³-hybridized carbons (Fsp3) is 0.312. The minimum Gasteiger partial charge on any atom is -0.306 e. The van der Waals surface area contributed by atoms with Crippen molar-refractivity contribution in [3.05, 3.63) is 46.9 Å². The molecule has 23 heavy (non-hydrogen) atoms. The van der Waals surface area contributed by atoms with Crippen molar-refractivity contribution in [2.45, 2.75) is 31.7 Å². The van der Waals surface area contributed by atoms with Crippen LogP contribution in [0.5, 0.6) is 0 Å². The normalized spacial score (nSPS) is 20.1. The summed E-state index contributed by atoms with van der Waals surface area (Å²) in [6.07, 6.45) is 3.56. The molecular formula is C16H14N6S. The van der Waals surface area contributed by atoms with Gasteiger partial charge in [0.1, 0.15) is 16.7 Å². The Morgan fingerprint density at radius 1 is 1.30 bits per heavy atom. The van der Waals surface area contributed by atoms with Gasteiger partial charge in [0, 0.05) is 5.56 Å². The predicted octanol–water partition coefficient (Wildman–Crippen LogP) is 3.72. The molecular weight excluding hydrogens is 308 g/mol. The fourth-order valence-electron chi connectivity index (χ4n) is 3.20. The van der Waals surface area contributed by atoms with E-state index < -0.39 is 0 Å². The lowest BCUT2D eigenvalue weighted by atomic mass is 9.81. The van der Waals surface area contributed by atoms with Gasteiger partial charge in [0.05, 0.1) is 23.8 Å². The van der Waals surface area contributed by atoms with Gasteiger partial charge in [-0.05, 0) is 18.1 Å². The smallest absolute Gasteiger partial charge is 0.272 e. The molecule has 2 atom stereocenters. The Morgan fingerprint density at radius 3 is 3.04 bits per heavy atom. The maximum Gasteiger partial charge on any atom is 0.272 e. The Hall–Kier alpha value is -2.59. The minimum absolute atomic E-state index is 0.104. The Morgan fingerprint density at radius 2 is 2.22 bits per heavy atom. The molecule has 1 aliphatic rings. The molecule has 3 aromatic rings. The summed E-state index contributed by atoms with van der Waals surface area (Å²) in [4.78, 5) is 8.55. The highest BCUT2D eigenvalue weighted by molar-refractivity contribution is 7.00. The second-order valence-electron chi connectivity index (χ2n) is 5.56. The first-order chi connectivity index (χ1) is 11.3. The van der Waals surface area contributed by atoms with Gasteiger partial charge in [-0.25, -0.2) is 11.6 Å². The SMILES string of the molecule is [C-]#[N+]C1C(CCC)=Nc2[nH]ncc2C1c1cccc2nsnc12. The zero-order chi connectivity index (χ0) is 15.8. The van der Waals surface area contributed by atoms with Gasteiger partial charge < -0.3 is 4.85 Å². The van der Waals surface area contributed by atoms with E-state index in [0.717, 1.165) is 46.5 Å². The molecule has 0 saturated heterocycles. The van der Waals surface area contributed by atoms with Crippen LogP contribution in [0.2, 0.25) is 0 Å². The molecule has 0 spiro atoms. The van der Waals surface area contributed by atoms with Crippen LogP contribution in [0.15, 0.2) is 29.4 Å². The molecule has 0 aliphatic carbocycles. The molecule has 1 aromatic carbocycles. The maximum absolute atomic E-state index is 7.73. The van der Waals surface area contributed by atoms with Gasteiger partial charge in [-0.1, -0.05) is 25.5 Å². The van der Waals surface area contributed by atoms with Gasteiger partial charge in [0.25, 0.3) is 6.04 Å². The first-order valence-corrected chi connectivity index (χ1v) is 8.25. The lowest BCUT2D eigenvalue weighted by Gasteiger charge is -2.23. The topological polar surface area (TPSA) is 71.2 Å². The number of nitrogens with one attached hydrogen (secondary N) is 1. The van der Waals surface area contributed by atoms with Crippen molar-refractivity contribution in [3.8, 4) is 0 Å². The minimum atomic E-state index is -0.313. The van der Waals surface area contributed by atoms with Crippen molar-refractivity contribution < 1.29 is 0 Å². The van der Waals surface area contributed by atoms with Crippen LogP contribution in [0.25, 0.3) is 15.9 Å². The first kappa shape index (κ1) is 14.0. The third-order valence-electron chi connectivity index (χ3n) is 4.19. The lowest BCUT2D eigenvalue weighted by Crippen LogP contribution is -2.29. The zero-order valence-corrected chi connectivity index (χ0v) is 13.3. The number of aromatic nitrogens is 4. The molecule has 6 nitrogen and oxygen atoms in total. The molecule has 0 bridgehead atoms. The molecule has 1 aliphatic heterocycles. The molecule has 1 N–H and O–H groups in total. The van der Waals surface area contributed by atoms with Crippen molar-refractivity contribution >= 4 is 34.3 Å². The second kappa shape index (κ2) is 5.56. The van der Waals surface area contributed by atoms with E-state index in [0.29, 0.717) is 0 Å². The number of hydrogen-bond acceptors (Lipinski definition) is 5. The summed E-state index contributed by atoms with van der Waals surface area (Å²) in [7, 11) is 0. The van der Waals surface area contributed by atoms with Gasteiger partial charge in [-0.15, -0.1) is 0 Å². The van der Waals surface area contributed by atoms with E-state index in [1.54, 1.807) is 6.20 Å². The van der Waals surface area contributed by atoms with Crippen LogP contribution in [-0.4, -0.2) is 30.7 Å². The molecule has 3 heterocycles. The van der Waals surface area contributed by atoms with Gasteiger partial charge in [-0.3, -0.25) is 5.10 Å². The van der Waals surface area contributed by atoms with Crippen molar-refractivity contribution in [2.75, 3.05) is 0 Å². The number of H-pyrrole nitrogens is 1. The summed E-state index contributed by atoms with van der Waals surface area (Å²) < 4.78 is 8.77. The van der Waals surface area contributed by atoms with Gasteiger partial charge in [0.15, 0.2) is 5.82 Å². The lowest BCUT2D eigenvalue weighted by molar-refractivity contribution is 0.774. The van der Waals surface area contributed by atoms with Crippen LogP contribution in [0.1, 0.15) is 36.8 Å². The van der Waals surface area contributed by atoms with Crippen molar-refractivity contribution in [2.24, 2.45) is 4.99 Å². The summed E-state index contributed by atoms with van der Waals surface area (Å²) in [5.74, 6) is 0.659. The van der Waals surface area contributed by atoms with Crippen LogP contribution >= 0.6 is 11.7 Å². The van der Waals surface area contributed by atoms with Crippen LogP contribution in [-0.2, 0) is 0 Å². The van der Waals surface area contributed by atoms with E-state index in [-0.39, 0.29) is 12.0 Å². The van der Waals surface area contributed by atoms with Crippen LogP contribution in [0, 0.1) is 6.57 Å². The second-order valence-corrected chi connectivity index (χ2v) is 6.09. The summed E-state index contributed by atoms with van der Waals surface area (Å²) in [5, 5.41) is 7.10. The van der Waals surface area contributed by atoms with E-state index in [4.69, 9.17) is 6.57 Å². The number of aromatic amines is 1. The number of benzene rings is 1. The summed E-state index contributed by atoms with van der Waals surface area (Å²) in [5.41, 5.74) is 4.67. The molecule has 2 unspecified atom stereocenters. The quantitative estimate of drug-likeness (QED) is 0.747. The Kier molecular flexibility index (Phi) is 3.39. The largest absolute Gasteiger partial charge is 0.306 e. The highest BCUT2D eigenvalue weighted by Crippen LogP contribution is 2.41. The number of hydrogen-bond donors (Lipinski definition) is 1. The Bertz CT molecular complexity index is 931. The van der Waals surface area contributed by atoms with E-state index in [1.165, 1.54) is 11.7 Å². The standard InChI is InChI=1S/C16H14N6S/c1-3-5-11-15(17-2)13(10-8-18-20-16(10)19-11)9-6-4-7-12-14(9)22-23-21-12/h4,6-8,13,15H,3,5H2,1H3,(H,18,20). The molecule has 0 amide bonds. The monoisotopic (exact) mass is 322 g/mol. The molecule has 7 heteroatoms. The third kappa shape index (κ3) is 2.14. The van der Waals surface area contributed by atoms with Crippen LogP contribution < -0.4 is 0 Å². The van der Waals surface area contributed by atoms with Crippen molar-refractivity contribution in [3.63, 3.8) is 0 Å². The van der Waals surface area contributed by atoms with Gasteiger partial charge >= 0.3 is 0 Å². The number of nitrogens with zero attached hydrogens (tertiary/aromatic N) is 5. The molecule has 2 aromatic heterocycles. The van der Waals surface area contributed by atoms with Gasteiger partial charge in [0.2, 0.25) is 0 Å². The Balaban J connectivity index is 1.94. The van der Waals surface area contributed by atoms with Crippen molar-refractivity contribution in [1.82, 2.24) is 18.9 Å². The average Bonchev–Trinajstić information content (AvgIpc) is 3.22. The highest BCUT2D eigenvalue weighted by atomic mass is 32.1. The molecule has 0 fully saturated rings. The van der Waals surface area contributed by atoms with E-state index in [9.17, 15) is 0 Å². The van der Waals surface area contributed by atoms with Crippen molar-refractivity contribution in [1.29, 1.82) is 0 Å².